The quantitative estimate of drug-likeness (QED) is 0.181. The Labute approximate surface area is 336 Å². The van der Waals surface area contributed by atoms with Crippen LogP contribution < -0.4 is 0 Å². The van der Waals surface area contributed by atoms with E-state index >= 15 is 0 Å². The molecule has 322 valence electrons. The third kappa shape index (κ3) is 8.72. The summed E-state index contributed by atoms with van der Waals surface area (Å²) < 4.78 is 125. The lowest BCUT2D eigenvalue weighted by molar-refractivity contribution is 0.253. The molecule has 0 spiro atoms. The minimum absolute atomic E-state index is 0.228. The number of rotatable bonds is 11. The molecule has 18 heteroatoms. The van der Waals surface area contributed by atoms with Crippen molar-refractivity contribution in [3.8, 4) is 0 Å². The van der Waals surface area contributed by atoms with E-state index < -0.39 is 79.5 Å². The van der Waals surface area contributed by atoms with E-state index in [9.17, 15) is 27.4 Å². The van der Waals surface area contributed by atoms with E-state index in [1.54, 1.807) is 0 Å². The van der Waals surface area contributed by atoms with Crippen LogP contribution in [0.25, 0.3) is 0 Å². The van der Waals surface area contributed by atoms with Crippen molar-refractivity contribution in [2.75, 3.05) is 0 Å². The average Bonchev–Trinajstić information content (AvgIpc) is 3.98. The highest BCUT2D eigenvalue weighted by molar-refractivity contribution is 7.81. The Balaban J connectivity index is 0.922. The zero-order valence-electron chi connectivity index (χ0n) is 34.1. The Kier molecular flexibility index (Phi) is 13.0. The van der Waals surface area contributed by atoms with Crippen LogP contribution in [0, 0.1) is 35.5 Å². The van der Waals surface area contributed by atoms with Crippen LogP contribution >= 0.6 is 45.6 Å². The maximum absolute atomic E-state index is 14.9. The summed E-state index contributed by atoms with van der Waals surface area (Å²) >= 11 is 0. The Morgan fingerprint density at radius 2 is 0.571 bits per heavy atom. The van der Waals surface area contributed by atoms with Gasteiger partial charge in [0.1, 0.15) is 0 Å². The summed E-state index contributed by atoms with van der Waals surface area (Å²) in [5, 5.41) is 0. The Hall–Kier alpha value is 1.14. The molecular weight excluding hydrogens is 834 g/mol. The topological polar surface area (TPSA) is 158 Å². The molecule has 6 saturated carbocycles. The van der Waals surface area contributed by atoms with Crippen LogP contribution in [-0.2, 0) is 53.3 Å². The Morgan fingerprint density at radius 1 is 0.339 bits per heavy atom. The Bertz CT molecular complexity index is 1660. The largest absolute Gasteiger partial charge is 0.348 e. The maximum atomic E-state index is 14.9. The van der Waals surface area contributed by atoms with E-state index in [4.69, 9.17) is 25.9 Å². The maximum Gasteiger partial charge on any atom is 0.348 e. The molecule has 2 saturated heterocycles. The van der Waals surface area contributed by atoms with Crippen LogP contribution in [0.15, 0.2) is 0 Å². The van der Waals surface area contributed by atoms with Crippen LogP contribution in [0.2, 0.25) is 0 Å². The van der Waals surface area contributed by atoms with Crippen LogP contribution in [-0.4, -0.2) is 34.0 Å². The molecule has 56 heavy (non-hydrogen) atoms. The predicted molar refractivity (Wildman–Crippen MR) is 220 cm³/mol. The van der Waals surface area contributed by atoms with Crippen LogP contribution in [0.1, 0.15) is 169 Å². The molecule has 6 aliphatic carbocycles. The van der Waals surface area contributed by atoms with Crippen molar-refractivity contribution >= 4 is 45.6 Å². The van der Waals surface area contributed by atoms with Crippen molar-refractivity contribution in [1.82, 2.24) is 0 Å². The summed E-state index contributed by atoms with van der Waals surface area (Å²) in [7, 11) is -23.8. The molecule has 2 heterocycles. The second-order valence-corrected chi connectivity index (χ2v) is 34.4. The van der Waals surface area contributed by atoms with Gasteiger partial charge in [-0.1, -0.05) is 53.4 Å². The van der Waals surface area contributed by atoms with E-state index in [0.29, 0.717) is 101 Å². The fraction of sp³-hybridized carbons (Fsp3) is 1.00. The van der Waals surface area contributed by atoms with Crippen LogP contribution in [0.3, 0.4) is 0 Å². The first kappa shape index (κ1) is 43.8. The molecule has 16 atom stereocenters. The van der Waals surface area contributed by atoms with Gasteiger partial charge in [-0.3, -0.25) is 27.4 Å². The van der Waals surface area contributed by atoms with Crippen molar-refractivity contribution in [3.05, 3.63) is 0 Å². The first-order valence-corrected chi connectivity index (χ1v) is 32.0. The van der Waals surface area contributed by atoms with Gasteiger partial charge in [-0.05, 0) is 151 Å². The standard InChI is InChI=1S/C38H68O12P6/c1-5-29-11-17-35(23-29)53(41)48-54(42,36-18-12-30(6-2)24-36)50-56(44,49-53)38-20-14-32(26-38)10-9-31-13-19-37(25-31)55(43)46-51(39,33-15-7-27(3)21-33)45-52(40,47-55)34-16-8-28(4)22-34/h27-38H,5-26H2,1-4H3. The van der Waals surface area contributed by atoms with Gasteiger partial charge < -0.3 is 0 Å². The lowest BCUT2D eigenvalue weighted by atomic mass is 9.94. The van der Waals surface area contributed by atoms with Gasteiger partial charge in [0.25, 0.3) is 0 Å². The zero-order valence-corrected chi connectivity index (χ0v) is 39.4. The van der Waals surface area contributed by atoms with Gasteiger partial charge in [0, 0.05) is 0 Å². The molecule has 0 amide bonds. The molecule has 0 aromatic rings. The first-order valence-electron chi connectivity index (χ1n) is 22.3. The highest BCUT2D eigenvalue weighted by atomic mass is 31.3. The monoisotopic (exact) mass is 902 g/mol. The normalized spacial score (nSPS) is 55.3. The first-order chi connectivity index (χ1) is 26.5. The van der Waals surface area contributed by atoms with Crippen molar-refractivity contribution in [3.63, 3.8) is 0 Å². The summed E-state index contributed by atoms with van der Waals surface area (Å²) in [5.41, 5.74) is -2.61. The molecule has 8 aliphatic rings. The molecule has 12 nitrogen and oxygen atoms in total. The van der Waals surface area contributed by atoms with Crippen molar-refractivity contribution < 1.29 is 53.3 Å². The van der Waals surface area contributed by atoms with Gasteiger partial charge >= 0.3 is 45.6 Å². The van der Waals surface area contributed by atoms with Crippen molar-refractivity contribution in [2.45, 2.75) is 203 Å². The van der Waals surface area contributed by atoms with Gasteiger partial charge in [0.05, 0.1) is 34.0 Å². The second-order valence-electron chi connectivity index (χ2n) is 19.6. The van der Waals surface area contributed by atoms with Crippen molar-refractivity contribution in [2.24, 2.45) is 35.5 Å². The fourth-order valence-electron chi connectivity index (χ4n) is 11.9. The van der Waals surface area contributed by atoms with Gasteiger partial charge in [-0.25, -0.2) is 25.9 Å². The number of hydrogen-bond acceptors (Lipinski definition) is 12. The average molecular weight is 903 g/mol. The van der Waals surface area contributed by atoms with E-state index in [1.165, 1.54) is 0 Å². The third-order valence-corrected chi connectivity index (χ3v) is 34.7. The predicted octanol–water partition coefficient (Wildman–Crippen LogP) is 14.9. The fourth-order valence-corrected chi connectivity index (χ4v) is 34.4. The van der Waals surface area contributed by atoms with E-state index in [1.807, 2.05) is 0 Å². The zero-order chi connectivity index (χ0) is 39.7. The molecule has 0 aromatic carbocycles. The lowest BCUT2D eigenvalue weighted by Gasteiger charge is -2.40. The molecule has 0 N–H and O–H groups in total. The van der Waals surface area contributed by atoms with E-state index in [-0.39, 0.29) is 11.8 Å². The van der Waals surface area contributed by atoms with Gasteiger partial charge in [0.15, 0.2) is 0 Å². The highest BCUT2D eigenvalue weighted by Crippen LogP contribution is 2.90. The summed E-state index contributed by atoms with van der Waals surface area (Å²) in [4.78, 5) is 0. The van der Waals surface area contributed by atoms with Crippen LogP contribution in [0.5, 0.6) is 0 Å². The van der Waals surface area contributed by atoms with Crippen LogP contribution in [0.4, 0.5) is 0 Å². The molecule has 0 bridgehead atoms. The summed E-state index contributed by atoms with van der Waals surface area (Å²) in [5.74, 6) is 1.93. The van der Waals surface area contributed by atoms with E-state index in [0.717, 1.165) is 64.2 Å². The molecular formula is C38H68O12P6. The summed E-state index contributed by atoms with van der Waals surface area (Å²) in [6, 6.07) is 0. The van der Waals surface area contributed by atoms with Crippen molar-refractivity contribution in [1.29, 1.82) is 0 Å². The van der Waals surface area contributed by atoms with Gasteiger partial charge in [-0.2, -0.15) is 0 Å². The lowest BCUT2D eigenvalue weighted by Crippen LogP contribution is -2.22. The second kappa shape index (κ2) is 16.7. The number of hydrogen-bond donors (Lipinski definition) is 0. The minimum Gasteiger partial charge on any atom is -0.259 e. The molecule has 8 fully saturated rings. The highest BCUT2D eigenvalue weighted by Gasteiger charge is 2.64. The molecule has 0 aromatic heterocycles. The Morgan fingerprint density at radius 3 is 0.804 bits per heavy atom. The van der Waals surface area contributed by atoms with Gasteiger partial charge in [0.2, 0.25) is 0 Å². The minimum atomic E-state index is -4.03. The molecule has 16 unspecified atom stereocenters. The van der Waals surface area contributed by atoms with E-state index in [2.05, 4.69) is 27.7 Å². The molecule has 0 radical (unpaired) electrons. The summed E-state index contributed by atoms with van der Waals surface area (Å²) in [6.45, 7) is 8.45. The smallest absolute Gasteiger partial charge is 0.259 e. The molecule has 2 aliphatic heterocycles. The SMILES string of the molecule is CCC1CCC(P2(=O)OP(=O)(C3CCC(CC)C3)OP(=O)(C3CCC(CCC4CCC(P5(=O)OP(=O)(C6CCC(C)C6)OP(=O)(C6CCC(C)C6)O5)C4)C3)O2)C1. The van der Waals surface area contributed by atoms with Gasteiger partial charge in [-0.15, -0.1) is 0 Å². The molecule has 8 rings (SSSR count). The third-order valence-electron chi connectivity index (χ3n) is 15.6. The summed E-state index contributed by atoms with van der Waals surface area (Å²) in [6.07, 6.45) is 16.3.